The molecule has 0 bridgehead atoms. The fourth-order valence-corrected chi connectivity index (χ4v) is 0.981. The van der Waals surface area contributed by atoms with Gasteiger partial charge in [0.1, 0.15) is 5.15 Å². The molecular formula is C5H7Cl3N2. The molecule has 10 heavy (non-hydrogen) atoms. The van der Waals surface area contributed by atoms with E-state index in [1.54, 1.807) is 17.9 Å². The summed E-state index contributed by atoms with van der Waals surface area (Å²) in [5.41, 5.74) is 0.876. The third kappa shape index (κ3) is 1.78. The lowest BCUT2D eigenvalue weighted by molar-refractivity contribution is 0.768. The van der Waals surface area contributed by atoms with E-state index in [0.29, 0.717) is 11.0 Å². The van der Waals surface area contributed by atoms with Gasteiger partial charge in [0.25, 0.3) is 0 Å². The van der Waals surface area contributed by atoms with Crippen LogP contribution in [-0.2, 0) is 12.9 Å². The van der Waals surface area contributed by atoms with Crippen LogP contribution in [0.5, 0.6) is 0 Å². The molecule has 1 heterocycles. The molecule has 0 N–H and O–H groups in total. The van der Waals surface area contributed by atoms with Crippen LogP contribution in [-0.4, -0.2) is 9.78 Å². The van der Waals surface area contributed by atoms with E-state index in [0.717, 1.165) is 5.56 Å². The molecule has 5 heteroatoms. The third-order valence-electron chi connectivity index (χ3n) is 1.08. The Kier molecular flexibility index (Phi) is 4.09. The Morgan fingerprint density at radius 3 is 2.50 bits per heavy atom. The van der Waals surface area contributed by atoms with Gasteiger partial charge in [-0.2, -0.15) is 5.10 Å². The van der Waals surface area contributed by atoms with E-state index >= 15 is 0 Å². The molecule has 1 aromatic heterocycles. The predicted molar refractivity (Wildman–Crippen MR) is 45.0 cm³/mol. The maximum atomic E-state index is 5.72. The molecule has 0 saturated carbocycles. The summed E-state index contributed by atoms with van der Waals surface area (Å²) >= 11 is 11.2. The van der Waals surface area contributed by atoms with E-state index in [1.807, 2.05) is 0 Å². The van der Waals surface area contributed by atoms with Gasteiger partial charge in [0, 0.05) is 12.6 Å². The van der Waals surface area contributed by atoms with Crippen molar-refractivity contribution in [3.05, 3.63) is 16.9 Å². The van der Waals surface area contributed by atoms with Crippen LogP contribution in [0.1, 0.15) is 5.56 Å². The lowest BCUT2D eigenvalue weighted by Crippen LogP contribution is -1.88. The van der Waals surface area contributed by atoms with E-state index in [9.17, 15) is 0 Å². The highest BCUT2D eigenvalue weighted by Crippen LogP contribution is 2.15. The number of nitrogens with zero attached hydrogens (tertiary/aromatic N) is 2. The third-order valence-corrected chi connectivity index (χ3v) is 1.86. The molecular weight excluding hydrogens is 194 g/mol. The fraction of sp³-hybridized carbons (Fsp3) is 0.400. The monoisotopic (exact) mass is 200 g/mol. The first-order valence-electron chi connectivity index (χ1n) is 2.48. The van der Waals surface area contributed by atoms with Crippen molar-refractivity contribution in [2.45, 2.75) is 5.88 Å². The normalized spacial score (nSPS) is 9.10. The number of aryl methyl sites for hydroxylation is 1. The minimum Gasteiger partial charge on any atom is -0.257 e. The van der Waals surface area contributed by atoms with Crippen LogP contribution in [0.15, 0.2) is 6.20 Å². The number of hydrogen-bond acceptors (Lipinski definition) is 1. The van der Waals surface area contributed by atoms with Gasteiger partial charge in [0.15, 0.2) is 0 Å². The second-order valence-corrected chi connectivity index (χ2v) is 2.34. The van der Waals surface area contributed by atoms with Crippen LogP contribution in [0, 0.1) is 0 Å². The maximum Gasteiger partial charge on any atom is 0.131 e. The minimum atomic E-state index is 0. The summed E-state index contributed by atoms with van der Waals surface area (Å²) in [6.45, 7) is 0. The molecule has 1 rings (SSSR count). The first-order valence-corrected chi connectivity index (χ1v) is 3.39. The van der Waals surface area contributed by atoms with E-state index in [2.05, 4.69) is 5.10 Å². The quantitative estimate of drug-likeness (QED) is 0.637. The van der Waals surface area contributed by atoms with Gasteiger partial charge in [-0.1, -0.05) is 11.6 Å². The van der Waals surface area contributed by atoms with Crippen LogP contribution in [0.4, 0.5) is 0 Å². The fourth-order valence-electron chi connectivity index (χ4n) is 0.558. The van der Waals surface area contributed by atoms with E-state index in [4.69, 9.17) is 23.2 Å². The van der Waals surface area contributed by atoms with Crippen molar-refractivity contribution in [3.63, 3.8) is 0 Å². The summed E-state index contributed by atoms with van der Waals surface area (Å²) in [5.74, 6) is 0.423. The molecule has 0 aliphatic rings. The lowest BCUT2D eigenvalue weighted by Gasteiger charge is -1.90. The largest absolute Gasteiger partial charge is 0.257 e. The van der Waals surface area contributed by atoms with Crippen LogP contribution in [0.25, 0.3) is 0 Å². The van der Waals surface area contributed by atoms with Crippen molar-refractivity contribution < 1.29 is 0 Å². The summed E-state index contributed by atoms with van der Waals surface area (Å²) < 4.78 is 1.58. The van der Waals surface area contributed by atoms with Crippen molar-refractivity contribution in [2.24, 2.45) is 7.05 Å². The molecule has 0 spiro atoms. The second-order valence-electron chi connectivity index (χ2n) is 1.72. The van der Waals surface area contributed by atoms with Crippen molar-refractivity contribution in [1.82, 2.24) is 9.78 Å². The SMILES string of the molecule is Cl.Cn1ncc(CCl)c1Cl. The van der Waals surface area contributed by atoms with Crippen molar-refractivity contribution in [3.8, 4) is 0 Å². The summed E-state index contributed by atoms with van der Waals surface area (Å²) in [6, 6.07) is 0. The molecule has 2 nitrogen and oxygen atoms in total. The maximum absolute atomic E-state index is 5.72. The summed E-state index contributed by atoms with van der Waals surface area (Å²) in [5, 5.41) is 4.50. The first kappa shape index (κ1) is 10.1. The molecule has 0 amide bonds. The van der Waals surface area contributed by atoms with Gasteiger partial charge in [-0.3, -0.25) is 4.68 Å². The van der Waals surface area contributed by atoms with Crippen molar-refractivity contribution in [2.75, 3.05) is 0 Å². The van der Waals surface area contributed by atoms with Gasteiger partial charge in [0.2, 0.25) is 0 Å². The topological polar surface area (TPSA) is 17.8 Å². The Labute approximate surface area is 75.5 Å². The Morgan fingerprint density at radius 2 is 2.30 bits per heavy atom. The van der Waals surface area contributed by atoms with Gasteiger partial charge in [-0.25, -0.2) is 0 Å². The summed E-state index contributed by atoms with van der Waals surface area (Å²) in [4.78, 5) is 0. The molecule has 0 aromatic carbocycles. The van der Waals surface area contributed by atoms with Gasteiger partial charge < -0.3 is 0 Å². The molecule has 0 saturated heterocycles. The highest BCUT2D eigenvalue weighted by atomic mass is 35.5. The molecule has 0 unspecified atom stereocenters. The smallest absolute Gasteiger partial charge is 0.131 e. The number of alkyl halides is 1. The molecule has 0 aliphatic heterocycles. The zero-order chi connectivity index (χ0) is 6.85. The predicted octanol–water partition coefficient (Wildman–Crippen LogP) is 2.23. The molecule has 0 fully saturated rings. The van der Waals surface area contributed by atoms with Crippen LogP contribution < -0.4 is 0 Å². The molecule has 58 valence electrons. The van der Waals surface area contributed by atoms with Crippen molar-refractivity contribution in [1.29, 1.82) is 0 Å². The molecule has 0 atom stereocenters. The summed E-state index contributed by atoms with van der Waals surface area (Å²) in [6.07, 6.45) is 1.66. The van der Waals surface area contributed by atoms with Gasteiger partial charge in [-0.05, 0) is 0 Å². The van der Waals surface area contributed by atoms with E-state index in [-0.39, 0.29) is 12.4 Å². The highest BCUT2D eigenvalue weighted by molar-refractivity contribution is 6.31. The van der Waals surface area contributed by atoms with Crippen LogP contribution in [0.3, 0.4) is 0 Å². The minimum absolute atomic E-state index is 0. The Balaban J connectivity index is 0.000000810. The zero-order valence-electron chi connectivity index (χ0n) is 5.34. The van der Waals surface area contributed by atoms with Crippen LogP contribution >= 0.6 is 35.6 Å². The Morgan fingerprint density at radius 1 is 1.70 bits per heavy atom. The molecule has 1 aromatic rings. The first-order chi connectivity index (χ1) is 4.25. The van der Waals surface area contributed by atoms with Gasteiger partial charge in [0.05, 0.1) is 12.1 Å². The Bertz CT molecular complexity index is 209. The van der Waals surface area contributed by atoms with Crippen LogP contribution in [0.2, 0.25) is 5.15 Å². The van der Waals surface area contributed by atoms with Crippen molar-refractivity contribution >= 4 is 35.6 Å². The second kappa shape index (κ2) is 4.06. The van der Waals surface area contributed by atoms with E-state index in [1.165, 1.54) is 0 Å². The standard InChI is InChI=1S/C5H6Cl2N2.ClH/c1-9-5(7)4(2-6)3-8-9;/h3H,2H2,1H3;1H. The lowest BCUT2D eigenvalue weighted by atomic mass is 10.4. The van der Waals surface area contributed by atoms with Gasteiger partial charge in [-0.15, -0.1) is 24.0 Å². The summed E-state index contributed by atoms with van der Waals surface area (Å²) in [7, 11) is 1.78. The number of halogens is 3. The number of hydrogen-bond donors (Lipinski definition) is 0. The van der Waals surface area contributed by atoms with Gasteiger partial charge >= 0.3 is 0 Å². The molecule has 0 radical (unpaired) electrons. The number of aromatic nitrogens is 2. The zero-order valence-corrected chi connectivity index (χ0v) is 7.67. The molecule has 0 aliphatic carbocycles. The number of rotatable bonds is 1. The highest BCUT2D eigenvalue weighted by Gasteiger charge is 2.01. The average Bonchev–Trinajstić information content (AvgIpc) is 2.15. The Hall–Kier alpha value is 0.0800. The van der Waals surface area contributed by atoms with E-state index < -0.39 is 0 Å². The average molecular weight is 201 g/mol.